The van der Waals surface area contributed by atoms with Crippen LogP contribution in [0.3, 0.4) is 0 Å². The van der Waals surface area contributed by atoms with E-state index < -0.39 is 6.61 Å². The molecule has 0 spiro atoms. The maximum absolute atomic E-state index is 11.8. The van der Waals surface area contributed by atoms with Crippen molar-refractivity contribution in [2.24, 2.45) is 0 Å². The third kappa shape index (κ3) is 2.43. The zero-order valence-corrected chi connectivity index (χ0v) is 14.8. The highest BCUT2D eigenvalue weighted by Gasteiger charge is 2.27. The largest absolute Gasteiger partial charge is 0.464 e. The molecule has 3 heterocycles. The highest BCUT2D eigenvalue weighted by Crippen LogP contribution is 2.46. The third-order valence-corrected chi connectivity index (χ3v) is 6.41. The normalized spacial score (nSPS) is 14.2. The maximum Gasteiger partial charge on any atom is 0.248 e. The molecule has 0 saturated carbocycles. The molecule has 0 radical (unpaired) electrons. The lowest BCUT2D eigenvalue weighted by Gasteiger charge is -2.26. The zero-order chi connectivity index (χ0) is 16.8. The summed E-state index contributed by atoms with van der Waals surface area (Å²) in [4.78, 5) is 14.5. The zero-order valence-electron chi connectivity index (χ0n) is 12.5. The second-order valence-corrected chi connectivity index (χ2v) is 7.52. The van der Waals surface area contributed by atoms with E-state index in [0.29, 0.717) is 29.6 Å². The molecule has 4 nitrogen and oxygen atoms in total. The predicted octanol–water partition coefficient (Wildman–Crippen LogP) is 4.35. The van der Waals surface area contributed by atoms with E-state index >= 15 is 0 Å². The molecule has 3 aromatic rings. The van der Waals surface area contributed by atoms with Crippen molar-refractivity contribution in [2.75, 3.05) is 13.2 Å². The van der Waals surface area contributed by atoms with Crippen LogP contribution < -0.4 is 0 Å². The van der Waals surface area contributed by atoms with Crippen molar-refractivity contribution >= 4 is 50.5 Å². The van der Waals surface area contributed by atoms with Crippen molar-refractivity contribution in [1.82, 2.24) is 4.90 Å². The number of nitrogens with zero attached hydrogens (tertiary/aromatic N) is 1. The van der Waals surface area contributed by atoms with Crippen LogP contribution in [0.2, 0.25) is 10.0 Å². The number of benzene rings is 1. The van der Waals surface area contributed by atoms with Crippen LogP contribution >= 0.6 is 34.5 Å². The van der Waals surface area contributed by atoms with Gasteiger partial charge in [-0.1, -0.05) is 23.2 Å². The highest BCUT2D eigenvalue weighted by molar-refractivity contribution is 7.20. The second kappa shape index (κ2) is 6.08. The molecule has 7 heteroatoms. The first-order valence-electron chi connectivity index (χ1n) is 7.45. The number of fused-ring (bicyclic) bond motifs is 3. The van der Waals surface area contributed by atoms with Gasteiger partial charge < -0.3 is 14.4 Å². The lowest BCUT2D eigenvalue weighted by molar-refractivity contribution is -0.135. The molecule has 2 aromatic heterocycles. The average Bonchev–Trinajstić information content (AvgIpc) is 3.24. The number of amides is 1. The maximum atomic E-state index is 11.8. The van der Waals surface area contributed by atoms with E-state index in [1.807, 2.05) is 18.2 Å². The van der Waals surface area contributed by atoms with Crippen molar-refractivity contribution in [2.45, 2.75) is 13.0 Å². The quantitative estimate of drug-likeness (QED) is 0.717. The summed E-state index contributed by atoms with van der Waals surface area (Å²) in [5.74, 6) is 0.488. The Morgan fingerprint density at radius 1 is 1.42 bits per heavy atom. The Kier molecular flexibility index (Phi) is 4.04. The number of aliphatic hydroxyl groups excluding tert-OH is 1. The van der Waals surface area contributed by atoms with Crippen molar-refractivity contribution in [3.8, 4) is 11.3 Å². The first kappa shape index (κ1) is 16.0. The Labute approximate surface area is 152 Å². The standard InChI is InChI=1S/C17H13Cl2NO3S/c18-11-6-10(12-2-1-5-23-12)15-9-3-4-20(14(22)8-21)7-13(9)24-17(15)16(11)19/h1-2,5-6,21H,3-4,7-8H2. The minimum absolute atomic E-state index is 0.256. The minimum atomic E-state index is -0.468. The fraction of sp³-hybridized carbons (Fsp3) is 0.235. The molecule has 1 aliphatic heterocycles. The van der Waals surface area contributed by atoms with Gasteiger partial charge in [-0.05, 0) is 30.2 Å². The van der Waals surface area contributed by atoms with E-state index in [-0.39, 0.29) is 5.91 Å². The van der Waals surface area contributed by atoms with Gasteiger partial charge in [-0.3, -0.25) is 4.79 Å². The Balaban J connectivity index is 1.93. The molecule has 1 aliphatic rings. The summed E-state index contributed by atoms with van der Waals surface area (Å²) >= 11 is 14.3. The molecular formula is C17H13Cl2NO3S. The van der Waals surface area contributed by atoms with Gasteiger partial charge in [-0.2, -0.15) is 0 Å². The smallest absolute Gasteiger partial charge is 0.248 e. The summed E-state index contributed by atoms with van der Waals surface area (Å²) in [7, 11) is 0. The average molecular weight is 382 g/mol. The molecule has 0 unspecified atom stereocenters. The van der Waals surface area contributed by atoms with E-state index in [9.17, 15) is 4.79 Å². The summed E-state index contributed by atoms with van der Waals surface area (Å²) < 4.78 is 6.48. The topological polar surface area (TPSA) is 53.7 Å². The summed E-state index contributed by atoms with van der Waals surface area (Å²) in [6.45, 7) is 0.597. The summed E-state index contributed by atoms with van der Waals surface area (Å²) in [5.41, 5.74) is 2.10. The number of hydrogen-bond acceptors (Lipinski definition) is 4. The van der Waals surface area contributed by atoms with Gasteiger partial charge in [0.2, 0.25) is 5.91 Å². The number of aliphatic hydroxyl groups is 1. The molecule has 24 heavy (non-hydrogen) atoms. The monoisotopic (exact) mass is 381 g/mol. The van der Waals surface area contributed by atoms with Crippen LogP contribution in [0.5, 0.6) is 0 Å². The molecule has 0 fully saturated rings. The molecule has 0 saturated heterocycles. The van der Waals surface area contributed by atoms with Crippen molar-refractivity contribution in [3.63, 3.8) is 0 Å². The van der Waals surface area contributed by atoms with Crippen molar-refractivity contribution in [1.29, 1.82) is 0 Å². The first-order valence-corrected chi connectivity index (χ1v) is 9.02. The molecule has 4 rings (SSSR count). The number of thiophene rings is 1. The summed E-state index contributed by atoms with van der Waals surface area (Å²) in [6.07, 6.45) is 2.34. The van der Waals surface area contributed by atoms with E-state index in [2.05, 4.69) is 0 Å². The van der Waals surface area contributed by atoms with Gasteiger partial charge in [0.1, 0.15) is 12.4 Å². The lowest BCUT2D eigenvalue weighted by atomic mass is 9.98. The molecule has 0 bridgehead atoms. The SMILES string of the molecule is O=C(CO)N1CCc2c(sc3c(Cl)c(Cl)cc(-c4ccco4)c23)C1. The number of furan rings is 1. The van der Waals surface area contributed by atoms with Crippen molar-refractivity contribution in [3.05, 3.63) is 44.9 Å². The van der Waals surface area contributed by atoms with Crippen LogP contribution in [0.15, 0.2) is 28.9 Å². The highest BCUT2D eigenvalue weighted by atomic mass is 35.5. The van der Waals surface area contributed by atoms with Gasteiger partial charge in [-0.15, -0.1) is 11.3 Å². The van der Waals surface area contributed by atoms with E-state index in [1.54, 1.807) is 22.5 Å². The van der Waals surface area contributed by atoms with Crippen LogP contribution in [0.25, 0.3) is 21.4 Å². The molecule has 1 amide bonds. The second-order valence-electron chi connectivity index (χ2n) is 5.63. The van der Waals surface area contributed by atoms with Crippen LogP contribution in [0.4, 0.5) is 0 Å². The Hall–Kier alpha value is -1.53. The predicted molar refractivity (Wildman–Crippen MR) is 95.8 cm³/mol. The van der Waals surface area contributed by atoms with Gasteiger partial charge in [-0.25, -0.2) is 0 Å². The number of rotatable bonds is 2. The molecule has 1 aromatic carbocycles. The summed E-state index contributed by atoms with van der Waals surface area (Å²) in [5, 5.41) is 11.1. The molecule has 0 aliphatic carbocycles. The van der Waals surface area contributed by atoms with Crippen LogP contribution in [0.1, 0.15) is 10.4 Å². The lowest BCUT2D eigenvalue weighted by Crippen LogP contribution is -2.37. The number of carbonyl (C=O) groups excluding carboxylic acids is 1. The minimum Gasteiger partial charge on any atom is -0.464 e. The van der Waals surface area contributed by atoms with Crippen LogP contribution in [-0.4, -0.2) is 29.1 Å². The van der Waals surface area contributed by atoms with Gasteiger partial charge in [0, 0.05) is 22.4 Å². The van der Waals surface area contributed by atoms with Gasteiger partial charge in [0.25, 0.3) is 0 Å². The number of halogens is 2. The molecule has 0 atom stereocenters. The van der Waals surface area contributed by atoms with Crippen molar-refractivity contribution < 1.29 is 14.3 Å². The van der Waals surface area contributed by atoms with E-state index in [0.717, 1.165) is 26.3 Å². The Morgan fingerprint density at radius 3 is 2.96 bits per heavy atom. The first-order chi connectivity index (χ1) is 11.6. The Bertz CT molecular complexity index is 933. The van der Waals surface area contributed by atoms with Gasteiger partial charge in [0.15, 0.2) is 0 Å². The fourth-order valence-corrected chi connectivity index (χ4v) is 5.01. The molecule has 1 N–H and O–H groups in total. The fourth-order valence-electron chi connectivity index (χ4n) is 3.15. The van der Waals surface area contributed by atoms with Crippen LogP contribution in [0, 0.1) is 0 Å². The third-order valence-electron chi connectivity index (χ3n) is 4.28. The van der Waals surface area contributed by atoms with E-state index in [1.165, 1.54) is 5.56 Å². The van der Waals surface area contributed by atoms with Crippen LogP contribution in [-0.2, 0) is 17.8 Å². The van der Waals surface area contributed by atoms with E-state index in [4.69, 9.17) is 32.7 Å². The summed E-state index contributed by atoms with van der Waals surface area (Å²) in [6, 6.07) is 5.57. The van der Waals surface area contributed by atoms with Gasteiger partial charge in [0.05, 0.1) is 27.6 Å². The Morgan fingerprint density at radius 2 is 2.25 bits per heavy atom. The molecule has 124 valence electrons. The van der Waals surface area contributed by atoms with Gasteiger partial charge >= 0.3 is 0 Å². The number of hydrogen-bond donors (Lipinski definition) is 1. The number of carbonyl (C=O) groups is 1. The molecular weight excluding hydrogens is 369 g/mol.